The van der Waals surface area contributed by atoms with Crippen LogP contribution in [-0.4, -0.2) is 84.9 Å². The molecule has 0 radical (unpaired) electrons. The maximum Gasteiger partial charge on any atom is 0.323 e. The third-order valence-corrected chi connectivity index (χ3v) is 6.65. The topological polar surface area (TPSA) is 143 Å². The highest BCUT2D eigenvalue weighted by Gasteiger charge is 2.41. The summed E-state index contributed by atoms with van der Waals surface area (Å²) in [5, 5.41) is 14.7. The van der Waals surface area contributed by atoms with Gasteiger partial charge in [0.15, 0.2) is 0 Å². The van der Waals surface area contributed by atoms with Crippen LogP contribution in [0.1, 0.15) is 26.7 Å². The Morgan fingerprint density at radius 3 is 2.74 bits per heavy atom. The lowest BCUT2D eigenvalue weighted by Gasteiger charge is -2.23. The van der Waals surface area contributed by atoms with Crippen molar-refractivity contribution in [2.45, 2.75) is 37.3 Å². The van der Waals surface area contributed by atoms with Gasteiger partial charge in [0.25, 0.3) is 5.91 Å². The number of nitrogens with one attached hydrogen (secondary N) is 2. The minimum atomic E-state index is -0.904. The van der Waals surface area contributed by atoms with Crippen molar-refractivity contribution < 1.29 is 28.6 Å². The predicted octanol–water partition coefficient (Wildman–Crippen LogP) is 1.87. The van der Waals surface area contributed by atoms with Gasteiger partial charge in [0, 0.05) is 26.6 Å². The van der Waals surface area contributed by atoms with E-state index in [9.17, 15) is 19.6 Å². The van der Waals surface area contributed by atoms with Gasteiger partial charge in [-0.15, -0.1) is 11.8 Å². The first-order valence-corrected chi connectivity index (χ1v) is 12.5. The number of anilines is 2. The van der Waals surface area contributed by atoms with Gasteiger partial charge < -0.3 is 29.7 Å². The van der Waals surface area contributed by atoms with Crippen molar-refractivity contribution >= 4 is 41.2 Å². The van der Waals surface area contributed by atoms with Crippen molar-refractivity contribution in [2.75, 3.05) is 57.3 Å². The summed E-state index contributed by atoms with van der Waals surface area (Å²) in [6.07, 6.45) is 0.778. The fraction of sp³-hybridized carbons (Fsp3) is 0.609. The van der Waals surface area contributed by atoms with Crippen LogP contribution < -0.4 is 10.6 Å². The van der Waals surface area contributed by atoms with Gasteiger partial charge in [-0.1, -0.05) is 6.07 Å². The van der Waals surface area contributed by atoms with Gasteiger partial charge in [-0.3, -0.25) is 14.4 Å². The van der Waals surface area contributed by atoms with E-state index in [0.29, 0.717) is 44.4 Å². The van der Waals surface area contributed by atoms with Gasteiger partial charge in [-0.05, 0) is 32.4 Å². The molecule has 1 aliphatic heterocycles. The van der Waals surface area contributed by atoms with E-state index in [1.54, 1.807) is 37.1 Å². The van der Waals surface area contributed by atoms with Crippen molar-refractivity contribution in [1.29, 1.82) is 5.26 Å². The molecule has 1 aromatic heterocycles. The molecule has 3 atom stereocenters. The van der Waals surface area contributed by atoms with Crippen LogP contribution in [0, 0.1) is 17.2 Å². The second kappa shape index (κ2) is 15.2. The van der Waals surface area contributed by atoms with Gasteiger partial charge in [-0.2, -0.15) is 5.26 Å². The first kappa shape index (κ1) is 28.4. The van der Waals surface area contributed by atoms with Gasteiger partial charge in [0.2, 0.25) is 5.91 Å². The Kier molecular flexibility index (Phi) is 12.3. The summed E-state index contributed by atoms with van der Waals surface area (Å²) >= 11 is 1.47. The molecule has 12 heteroatoms. The summed E-state index contributed by atoms with van der Waals surface area (Å²) < 4.78 is 15.0. The number of thioether (sulfide) groups is 1. The lowest BCUT2D eigenvalue weighted by molar-refractivity contribution is -0.146. The number of carbonyl (C=O) groups is 3. The van der Waals surface area contributed by atoms with Crippen LogP contribution >= 0.6 is 11.8 Å². The summed E-state index contributed by atoms with van der Waals surface area (Å²) in [7, 11) is 1.56. The zero-order valence-electron chi connectivity index (χ0n) is 20.3. The molecule has 0 aromatic carbocycles. The van der Waals surface area contributed by atoms with Gasteiger partial charge in [0.05, 0.1) is 36.5 Å². The van der Waals surface area contributed by atoms with Crippen LogP contribution in [0.5, 0.6) is 0 Å². The maximum atomic E-state index is 12.9. The predicted molar refractivity (Wildman–Crippen MR) is 132 cm³/mol. The molecule has 2 N–H and O–H groups in total. The molecule has 2 rings (SSSR count). The molecular formula is C23H33N5O6S. The minimum absolute atomic E-state index is 0.00713. The molecule has 2 amide bonds. The van der Waals surface area contributed by atoms with E-state index in [0.717, 1.165) is 0 Å². The van der Waals surface area contributed by atoms with Crippen molar-refractivity contribution in [2.24, 2.45) is 5.92 Å². The molecule has 2 heterocycles. The zero-order chi connectivity index (χ0) is 25.6. The monoisotopic (exact) mass is 507 g/mol. The van der Waals surface area contributed by atoms with Crippen LogP contribution in [0.25, 0.3) is 0 Å². The summed E-state index contributed by atoms with van der Waals surface area (Å²) in [4.78, 5) is 42.9. The van der Waals surface area contributed by atoms with E-state index in [-0.39, 0.29) is 42.1 Å². The number of hydrogen-bond donors (Lipinski definition) is 2. The van der Waals surface area contributed by atoms with Gasteiger partial charge in [-0.25, -0.2) is 4.98 Å². The molecule has 11 nitrogen and oxygen atoms in total. The lowest BCUT2D eigenvalue weighted by Crippen LogP contribution is -2.36. The second-order valence-electron chi connectivity index (χ2n) is 7.59. The number of amides is 2. The molecule has 0 bridgehead atoms. The van der Waals surface area contributed by atoms with Gasteiger partial charge >= 0.3 is 5.97 Å². The highest BCUT2D eigenvalue weighted by Crippen LogP contribution is 2.37. The maximum absolute atomic E-state index is 12.9. The fourth-order valence-electron chi connectivity index (χ4n) is 3.45. The van der Waals surface area contributed by atoms with Crippen molar-refractivity contribution in [3.05, 3.63) is 18.2 Å². The Bertz CT molecular complexity index is 895. The average Bonchev–Trinajstić information content (AvgIpc) is 3.14. The fourth-order valence-corrected chi connectivity index (χ4v) is 5.04. The molecule has 1 fully saturated rings. The van der Waals surface area contributed by atoms with Crippen LogP contribution in [0.2, 0.25) is 0 Å². The van der Waals surface area contributed by atoms with Crippen molar-refractivity contribution in [3.8, 4) is 6.07 Å². The van der Waals surface area contributed by atoms with E-state index in [1.807, 2.05) is 13.0 Å². The third kappa shape index (κ3) is 9.01. The molecule has 1 saturated heterocycles. The van der Waals surface area contributed by atoms with Crippen LogP contribution in [0.3, 0.4) is 0 Å². The highest BCUT2D eigenvalue weighted by atomic mass is 32.2. The molecular weight excluding hydrogens is 474 g/mol. The number of pyridine rings is 1. The Morgan fingerprint density at radius 1 is 1.29 bits per heavy atom. The van der Waals surface area contributed by atoms with Crippen molar-refractivity contribution in [1.82, 2.24) is 9.88 Å². The summed E-state index contributed by atoms with van der Waals surface area (Å²) in [5.74, 6) is -0.826. The first-order chi connectivity index (χ1) is 16.9. The number of methoxy groups -OCH3 is 1. The van der Waals surface area contributed by atoms with Crippen LogP contribution in [0.15, 0.2) is 18.2 Å². The molecule has 0 aliphatic carbocycles. The third-order valence-electron chi connectivity index (χ3n) is 5.13. The van der Waals surface area contributed by atoms with Crippen LogP contribution in [-0.2, 0) is 28.6 Å². The van der Waals surface area contributed by atoms with E-state index >= 15 is 0 Å². The molecule has 3 unspecified atom stereocenters. The smallest absolute Gasteiger partial charge is 0.323 e. The van der Waals surface area contributed by atoms with Crippen molar-refractivity contribution in [3.63, 3.8) is 0 Å². The number of nitrogens with zero attached hydrogens (tertiary/aromatic N) is 3. The minimum Gasteiger partial charge on any atom is -0.465 e. The Hall–Kier alpha value is -2.88. The quantitative estimate of drug-likeness (QED) is 0.267. The number of carbonyl (C=O) groups excluding carboxylic acids is 3. The normalized spacial score (nSPS) is 18.1. The first-order valence-electron chi connectivity index (χ1n) is 11.5. The molecule has 0 spiro atoms. The number of ether oxygens (including phenoxy) is 3. The summed E-state index contributed by atoms with van der Waals surface area (Å²) in [6.45, 7) is 5.41. The second-order valence-corrected chi connectivity index (χ2v) is 8.98. The molecule has 1 aliphatic rings. The largest absolute Gasteiger partial charge is 0.465 e. The van der Waals surface area contributed by atoms with E-state index in [4.69, 9.17) is 14.2 Å². The van der Waals surface area contributed by atoms with Crippen LogP contribution in [0.4, 0.5) is 11.6 Å². The molecule has 1 aromatic rings. The van der Waals surface area contributed by atoms with E-state index in [1.165, 1.54) is 11.8 Å². The Labute approximate surface area is 209 Å². The molecule has 35 heavy (non-hydrogen) atoms. The Morgan fingerprint density at radius 2 is 2.06 bits per heavy atom. The van der Waals surface area contributed by atoms with Gasteiger partial charge in [0.1, 0.15) is 24.2 Å². The molecule has 0 saturated carbocycles. The molecule has 192 valence electrons. The van der Waals surface area contributed by atoms with E-state index in [2.05, 4.69) is 15.6 Å². The number of rotatable bonds is 15. The SMILES string of the molecule is CCOC(=O)C(C#N)CC1SC(CCNc2cccc(NC(=O)COCCOC)n2)C(=O)N1CC. The Balaban J connectivity index is 1.85. The average molecular weight is 508 g/mol. The zero-order valence-corrected chi connectivity index (χ0v) is 21.1. The number of aromatic nitrogens is 1. The highest BCUT2D eigenvalue weighted by molar-refractivity contribution is 8.01. The number of nitriles is 1. The standard InChI is InChI=1S/C23H33N5O6S/c1-4-28-21(13-16(14-24)23(31)34-5-2)35-17(22(28)30)9-10-25-18-7-6-8-19(26-18)27-20(29)15-33-12-11-32-3/h6-8,16-17,21H,4-5,9-13,15H2,1-3H3,(H2,25,26,27,29). The lowest BCUT2D eigenvalue weighted by atomic mass is 10.1. The summed E-state index contributed by atoms with van der Waals surface area (Å²) in [5.41, 5.74) is 0. The number of esters is 1. The summed E-state index contributed by atoms with van der Waals surface area (Å²) in [6, 6.07) is 7.20. The number of hydrogen-bond acceptors (Lipinski definition) is 10. The van der Waals surface area contributed by atoms with E-state index < -0.39 is 11.9 Å².